The normalized spacial score (nSPS) is 12.8. The van der Waals surface area contributed by atoms with Crippen LogP contribution in [0.1, 0.15) is 62.9 Å². The number of para-hydroxylation sites is 1. The maximum Gasteiger partial charge on any atom is 0.408 e. The second kappa shape index (κ2) is 12.8. The lowest BCUT2D eigenvalue weighted by atomic mass is 9.96. The summed E-state index contributed by atoms with van der Waals surface area (Å²) in [6.07, 6.45) is -0.763. The van der Waals surface area contributed by atoms with Gasteiger partial charge >= 0.3 is 6.09 Å². The molecule has 0 heterocycles. The van der Waals surface area contributed by atoms with E-state index in [1.54, 1.807) is 58.9 Å². The van der Waals surface area contributed by atoms with Crippen molar-refractivity contribution in [2.24, 2.45) is 5.92 Å². The molecule has 2 aromatic rings. The van der Waals surface area contributed by atoms with Crippen LogP contribution in [0.2, 0.25) is 5.02 Å². The summed E-state index contributed by atoms with van der Waals surface area (Å²) < 4.78 is 5.36. The highest BCUT2D eigenvalue weighted by atomic mass is 35.5. The van der Waals surface area contributed by atoms with Crippen molar-refractivity contribution in [3.63, 3.8) is 0 Å². The summed E-state index contributed by atoms with van der Waals surface area (Å²) in [6.45, 7) is 13.9. The van der Waals surface area contributed by atoms with Gasteiger partial charge in [-0.2, -0.15) is 5.26 Å². The van der Waals surface area contributed by atoms with Crippen LogP contribution in [-0.2, 0) is 14.3 Å². The standard InChI is InChI=1S/C29H37ClN4O4/c1-17(2)23(33-28(37)38-29(6,7)8)27(36)34(13-12-31)25(21-15-18(3)14-19(4)16-21)26(35)32-24-20(5)10-9-11-22(24)30/h9-11,14-17,23,25H,13H2,1-8H3,(H,32,35)(H,33,37). The lowest BCUT2D eigenvalue weighted by Gasteiger charge is -2.34. The van der Waals surface area contributed by atoms with E-state index in [1.807, 2.05) is 39.0 Å². The van der Waals surface area contributed by atoms with Gasteiger partial charge in [0.1, 0.15) is 24.2 Å². The molecule has 0 aliphatic rings. The van der Waals surface area contributed by atoms with Crippen LogP contribution >= 0.6 is 11.6 Å². The molecule has 0 fully saturated rings. The number of carbonyl (C=O) groups excluding carboxylic acids is 3. The third-order valence-corrected chi connectivity index (χ3v) is 6.03. The molecule has 0 aliphatic carbocycles. The van der Waals surface area contributed by atoms with E-state index in [2.05, 4.69) is 10.6 Å². The number of nitriles is 1. The molecule has 0 saturated heterocycles. The Bertz CT molecular complexity index is 1190. The molecule has 0 aliphatic heterocycles. The van der Waals surface area contributed by atoms with E-state index >= 15 is 0 Å². The first-order chi connectivity index (χ1) is 17.6. The Labute approximate surface area is 230 Å². The minimum Gasteiger partial charge on any atom is -0.444 e. The summed E-state index contributed by atoms with van der Waals surface area (Å²) >= 11 is 6.37. The van der Waals surface area contributed by atoms with Crippen LogP contribution in [0.15, 0.2) is 36.4 Å². The monoisotopic (exact) mass is 540 g/mol. The van der Waals surface area contributed by atoms with E-state index < -0.39 is 35.6 Å². The van der Waals surface area contributed by atoms with Crippen molar-refractivity contribution in [2.75, 3.05) is 11.9 Å². The summed E-state index contributed by atoms with van der Waals surface area (Å²) in [4.78, 5) is 41.6. The number of hydrogen-bond acceptors (Lipinski definition) is 5. The molecule has 0 saturated carbocycles. The third kappa shape index (κ3) is 8.22. The molecule has 2 unspecified atom stereocenters. The van der Waals surface area contributed by atoms with Crippen molar-refractivity contribution in [2.45, 2.75) is 73.1 Å². The van der Waals surface area contributed by atoms with Gasteiger partial charge < -0.3 is 20.3 Å². The lowest BCUT2D eigenvalue weighted by molar-refractivity contribution is -0.140. The first-order valence-corrected chi connectivity index (χ1v) is 12.8. The fourth-order valence-corrected chi connectivity index (χ4v) is 4.39. The molecule has 0 radical (unpaired) electrons. The highest BCUT2D eigenvalue weighted by Gasteiger charge is 2.38. The topological polar surface area (TPSA) is 112 Å². The number of nitrogens with zero attached hydrogens (tertiary/aromatic N) is 2. The molecule has 2 N–H and O–H groups in total. The van der Waals surface area contributed by atoms with Gasteiger partial charge in [-0.1, -0.05) is 66.9 Å². The highest BCUT2D eigenvalue weighted by molar-refractivity contribution is 6.34. The van der Waals surface area contributed by atoms with Crippen molar-refractivity contribution in [1.29, 1.82) is 5.26 Å². The minimum atomic E-state index is -1.17. The number of halogens is 1. The lowest BCUT2D eigenvalue weighted by Crippen LogP contribution is -2.54. The fraction of sp³-hybridized carbons (Fsp3) is 0.448. The van der Waals surface area contributed by atoms with Crippen LogP contribution < -0.4 is 10.6 Å². The van der Waals surface area contributed by atoms with Crippen LogP contribution in [0.25, 0.3) is 0 Å². The van der Waals surface area contributed by atoms with Gasteiger partial charge in [0.25, 0.3) is 5.91 Å². The Morgan fingerprint density at radius 3 is 2.18 bits per heavy atom. The van der Waals surface area contributed by atoms with Gasteiger partial charge in [-0.05, 0) is 64.7 Å². The summed E-state index contributed by atoms with van der Waals surface area (Å²) in [5, 5.41) is 15.5. The summed E-state index contributed by atoms with van der Waals surface area (Å²) in [6, 6.07) is 10.6. The first-order valence-electron chi connectivity index (χ1n) is 12.5. The molecule has 2 atom stereocenters. The van der Waals surface area contributed by atoms with Crippen molar-refractivity contribution in [3.05, 3.63) is 63.7 Å². The number of amides is 3. The average Bonchev–Trinajstić information content (AvgIpc) is 2.77. The van der Waals surface area contributed by atoms with Gasteiger partial charge in [-0.15, -0.1) is 0 Å². The molecular weight excluding hydrogens is 504 g/mol. The van der Waals surface area contributed by atoms with Gasteiger partial charge in [0, 0.05) is 0 Å². The van der Waals surface area contributed by atoms with Gasteiger partial charge in [-0.3, -0.25) is 9.59 Å². The number of alkyl carbamates (subject to hydrolysis) is 1. The van der Waals surface area contributed by atoms with E-state index in [0.29, 0.717) is 16.3 Å². The molecule has 0 aromatic heterocycles. The Hall–Kier alpha value is -3.57. The number of carbonyl (C=O) groups is 3. The molecule has 2 aromatic carbocycles. The SMILES string of the molecule is Cc1cc(C)cc(C(C(=O)Nc2c(C)cccc2Cl)N(CC#N)C(=O)C(NC(=O)OC(C)(C)C)C(C)C)c1. The maximum absolute atomic E-state index is 13.9. The first kappa shape index (κ1) is 30.7. The van der Waals surface area contributed by atoms with E-state index in [4.69, 9.17) is 16.3 Å². The smallest absolute Gasteiger partial charge is 0.408 e. The molecule has 0 spiro atoms. The molecule has 9 heteroatoms. The number of nitrogens with one attached hydrogen (secondary N) is 2. The van der Waals surface area contributed by atoms with Gasteiger partial charge in [0.2, 0.25) is 5.91 Å². The number of anilines is 1. The second-order valence-corrected chi connectivity index (χ2v) is 11.1. The Balaban J connectivity index is 2.59. The number of rotatable bonds is 8. The molecule has 38 heavy (non-hydrogen) atoms. The van der Waals surface area contributed by atoms with Crippen molar-refractivity contribution in [3.8, 4) is 6.07 Å². The third-order valence-electron chi connectivity index (χ3n) is 5.72. The van der Waals surface area contributed by atoms with E-state index in [0.717, 1.165) is 16.7 Å². The zero-order valence-electron chi connectivity index (χ0n) is 23.3. The molecule has 204 valence electrons. The fourth-order valence-electron chi connectivity index (χ4n) is 4.12. The van der Waals surface area contributed by atoms with E-state index in [1.165, 1.54) is 4.90 Å². The molecule has 0 bridgehead atoms. The van der Waals surface area contributed by atoms with Crippen LogP contribution in [0.3, 0.4) is 0 Å². The summed E-state index contributed by atoms with van der Waals surface area (Å²) in [5.41, 5.74) is 2.72. The molecular formula is C29H37ClN4O4. The zero-order chi connectivity index (χ0) is 28.8. The molecule has 8 nitrogen and oxygen atoms in total. The highest BCUT2D eigenvalue weighted by Crippen LogP contribution is 2.30. The largest absolute Gasteiger partial charge is 0.444 e. The average molecular weight is 541 g/mol. The van der Waals surface area contributed by atoms with Crippen molar-refractivity contribution >= 4 is 35.2 Å². The van der Waals surface area contributed by atoms with Crippen LogP contribution in [-0.4, -0.2) is 41.0 Å². The van der Waals surface area contributed by atoms with Gasteiger partial charge in [0.15, 0.2) is 0 Å². The number of aryl methyl sites for hydroxylation is 3. The predicted octanol–water partition coefficient (Wildman–Crippen LogP) is 5.85. The van der Waals surface area contributed by atoms with Crippen molar-refractivity contribution < 1.29 is 19.1 Å². The van der Waals surface area contributed by atoms with E-state index in [-0.39, 0.29) is 12.5 Å². The van der Waals surface area contributed by atoms with Crippen LogP contribution in [0.4, 0.5) is 10.5 Å². The Morgan fingerprint density at radius 1 is 1.08 bits per heavy atom. The minimum absolute atomic E-state index is 0.349. The number of benzene rings is 2. The van der Waals surface area contributed by atoms with Crippen LogP contribution in [0, 0.1) is 38.0 Å². The Kier molecular flexibility index (Phi) is 10.3. The van der Waals surface area contributed by atoms with E-state index in [9.17, 15) is 19.6 Å². The molecule has 3 amide bonds. The van der Waals surface area contributed by atoms with Gasteiger partial charge in [-0.25, -0.2) is 4.79 Å². The second-order valence-electron chi connectivity index (χ2n) is 10.7. The predicted molar refractivity (Wildman–Crippen MR) is 149 cm³/mol. The van der Waals surface area contributed by atoms with Gasteiger partial charge in [0.05, 0.1) is 16.8 Å². The summed E-state index contributed by atoms with van der Waals surface area (Å²) in [7, 11) is 0. The quantitative estimate of drug-likeness (QED) is 0.408. The Morgan fingerprint density at radius 2 is 1.68 bits per heavy atom. The zero-order valence-corrected chi connectivity index (χ0v) is 24.1. The van der Waals surface area contributed by atoms with Crippen molar-refractivity contribution in [1.82, 2.24) is 10.2 Å². The maximum atomic E-state index is 13.9. The number of ether oxygens (including phenoxy) is 1. The number of hydrogen-bond donors (Lipinski definition) is 2. The van der Waals surface area contributed by atoms with Crippen LogP contribution in [0.5, 0.6) is 0 Å². The summed E-state index contributed by atoms with van der Waals surface area (Å²) in [5.74, 6) is -1.47. The molecule has 2 rings (SSSR count).